The van der Waals surface area contributed by atoms with E-state index in [-0.39, 0.29) is 5.56 Å². The maximum absolute atomic E-state index is 11.3. The second-order valence-electron chi connectivity index (χ2n) is 3.43. The molecule has 0 saturated carbocycles. The number of rotatable bonds is 0. The first-order chi connectivity index (χ1) is 6.59. The lowest BCUT2D eigenvalue weighted by atomic mass is 10.1. The van der Waals surface area contributed by atoms with Crippen molar-refractivity contribution in [1.82, 2.24) is 4.98 Å². The van der Waals surface area contributed by atoms with Crippen LogP contribution in [0.1, 0.15) is 11.1 Å². The molecule has 0 atom stereocenters. The van der Waals surface area contributed by atoms with Crippen LogP contribution < -0.4 is 5.56 Å². The Kier molecular flexibility index (Phi) is 2.19. The number of hydrogen-bond donors (Lipinski definition) is 1. The lowest BCUT2D eigenvalue weighted by molar-refractivity contribution is 1.25. The average Bonchev–Trinajstić information content (AvgIpc) is 2.10. The first-order valence-corrected chi connectivity index (χ1v) is 5.17. The molecular weight excluding hydrogens is 242 g/mol. The average molecular weight is 252 g/mol. The lowest BCUT2D eigenvalue weighted by Gasteiger charge is -2.06. The summed E-state index contributed by atoms with van der Waals surface area (Å²) < 4.78 is 1.02. The highest BCUT2D eigenvalue weighted by molar-refractivity contribution is 9.10. The van der Waals surface area contributed by atoms with Gasteiger partial charge in [0.2, 0.25) is 5.56 Å². The SMILES string of the molecule is Cc1ccc(Br)c2c(C)cc(=O)[nH]c12. The fourth-order valence-electron chi connectivity index (χ4n) is 1.66. The summed E-state index contributed by atoms with van der Waals surface area (Å²) in [6.45, 7) is 3.94. The molecule has 3 heteroatoms. The number of aryl methyl sites for hydroxylation is 2. The van der Waals surface area contributed by atoms with E-state index in [0.29, 0.717) is 0 Å². The molecule has 0 unspecified atom stereocenters. The summed E-state index contributed by atoms with van der Waals surface area (Å²) >= 11 is 3.48. The van der Waals surface area contributed by atoms with Gasteiger partial charge in [-0.05, 0) is 31.0 Å². The van der Waals surface area contributed by atoms with E-state index < -0.39 is 0 Å². The molecule has 72 valence electrons. The zero-order valence-electron chi connectivity index (χ0n) is 8.02. The van der Waals surface area contributed by atoms with Gasteiger partial charge >= 0.3 is 0 Å². The van der Waals surface area contributed by atoms with E-state index in [1.807, 2.05) is 26.0 Å². The number of benzene rings is 1. The van der Waals surface area contributed by atoms with Crippen molar-refractivity contribution >= 4 is 26.8 Å². The third-order valence-electron chi connectivity index (χ3n) is 2.35. The Hall–Kier alpha value is -1.09. The molecule has 1 heterocycles. The highest BCUT2D eigenvalue weighted by atomic mass is 79.9. The highest BCUT2D eigenvalue weighted by Crippen LogP contribution is 2.26. The molecule has 14 heavy (non-hydrogen) atoms. The maximum atomic E-state index is 11.3. The van der Waals surface area contributed by atoms with E-state index in [2.05, 4.69) is 20.9 Å². The van der Waals surface area contributed by atoms with E-state index in [0.717, 1.165) is 26.5 Å². The number of aromatic amines is 1. The van der Waals surface area contributed by atoms with E-state index in [4.69, 9.17) is 0 Å². The zero-order chi connectivity index (χ0) is 10.3. The third-order valence-corrected chi connectivity index (χ3v) is 3.01. The minimum Gasteiger partial charge on any atom is -0.322 e. The zero-order valence-corrected chi connectivity index (χ0v) is 9.60. The number of aromatic nitrogens is 1. The normalized spacial score (nSPS) is 10.8. The Labute approximate surface area is 90.1 Å². The standard InChI is InChI=1S/C11H10BrNO/c1-6-3-4-8(12)10-7(2)5-9(14)13-11(6)10/h3-5H,1-2H3,(H,13,14). The Morgan fingerprint density at radius 3 is 2.64 bits per heavy atom. The lowest BCUT2D eigenvalue weighted by Crippen LogP contribution is -2.05. The molecule has 0 spiro atoms. The summed E-state index contributed by atoms with van der Waals surface area (Å²) in [5.41, 5.74) is 2.96. The van der Waals surface area contributed by atoms with Crippen LogP contribution in [-0.2, 0) is 0 Å². The van der Waals surface area contributed by atoms with Crippen LogP contribution in [0.25, 0.3) is 10.9 Å². The van der Waals surface area contributed by atoms with E-state index >= 15 is 0 Å². The molecule has 0 fully saturated rings. The number of pyridine rings is 1. The smallest absolute Gasteiger partial charge is 0.248 e. The molecule has 0 radical (unpaired) electrons. The number of hydrogen-bond acceptors (Lipinski definition) is 1. The van der Waals surface area contributed by atoms with Crippen LogP contribution in [0, 0.1) is 13.8 Å². The van der Waals surface area contributed by atoms with Crippen LogP contribution >= 0.6 is 15.9 Å². The van der Waals surface area contributed by atoms with Crippen LogP contribution in [0.5, 0.6) is 0 Å². The van der Waals surface area contributed by atoms with Crippen molar-refractivity contribution in [2.45, 2.75) is 13.8 Å². The molecule has 0 aliphatic heterocycles. The first kappa shape index (κ1) is 9.46. The minimum absolute atomic E-state index is 0.0452. The van der Waals surface area contributed by atoms with E-state index in [1.165, 1.54) is 0 Å². The number of fused-ring (bicyclic) bond motifs is 1. The van der Waals surface area contributed by atoms with Crippen molar-refractivity contribution in [3.05, 3.63) is 44.2 Å². The Morgan fingerprint density at radius 2 is 1.93 bits per heavy atom. The van der Waals surface area contributed by atoms with Gasteiger partial charge in [0, 0.05) is 15.9 Å². The van der Waals surface area contributed by atoms with E-state index in [1.54, 1.807) is 6.07 Å². The van der Waals surface area contributed by atoms with Crippen LogP contribution in [0.15, 0.2) is 27.5 Å². The predicted octanol–water partition coefficient (Wildman–Crippen LogP) is 2.91. The Bertz CT molecular complexity index is 557. The highest BCUT2D eigenvalue weighted by Gasteiger charge is 2.05. The van der Waals surface area contributed by atoms with Crippen molar-refractivity contribution < 1.29 is 0 Å². The Morgan fingerprint density at radius 1 is 1.21 bits per heavy atom. The van der Waals surface area contributed by atoms with Gasteiger partial charge in [-0.15, -0.1) is 0 Å². The number of H-pyrrole nitrogens is 1. The predicted molar refractivity (Wildman–Crippen MR) is 61.7 cm³/mol. The van der Waals surface area contributed by atoms with Gasteiger partial charge in [-0.2, -0.15) is 0 Å². The molecule has 2 aromatic rings. The van der Waals surface area contributed by atoms with Gasteiger partial charge in [0.05, 0.1) is 5.52 Å². The second kappa shape index (κ2) is 3.24. The molecule has 0 aliphatic carbocycles. The van der Waals surface area contributed by atoms with Gasteiger partial charge in [0.1, 0.15) is 0 Å². The van der Waals surface area contributed by atoms with Crippen LogP contribution in [0.4, 0.5) is 0 Å². The first-order valence-electron chi connectivity index (χ1n) is 4.38. The van der Waals surface area contributed by atoms with Crippen molar-refractivity contribution in [2.75, 3.05) is 0 Å². The topological polar surface area (TPSA) is 32.9 Å². The molecule has 1 aromatic heterocycles. The van der Waals surface area contributed by atoms with Crippen LogP contribution in [-0.4, -0.2) is 4.98 Å². The van der Waals surface area contributed by atoms with Crippen molar-refractivity contribution in [3.63, 3.8) is 0 Å². The molecule has 2 rings (SSSR count). The van der Waals surface area contributed by atoms with Gasteiger partial charge in [0.15, 0.2) is 0 Å². The molecule has 0 saturated heterocycles. The minimum atomic E-state index is -0.0452. The summed E-state index contributed by atoms with van der Waals surface area (Å²) in [5, 5.41) is 1.09. The fraction of sp³-hybridized carbons (Fsp3) is 0.182. The Balaban J connectivity index is 3.07. The van der Waals surface area contributed by atoms with Crippen molar-refractivity contribution in [3.8, 4) is 0 Å². The van der Waals surface area contributed by atoms with Gasteiger partial charge in [0.25, 0.3) is 0 Å². The van der Waals surface area contributed by atoms with Crippen LogP contribution in [0.3, 0.4) is 0 Å². The van der Waals surface area contributed by atoms with Crippen LogP contribution in [0.2, 0.25) is 0 Å². The van der Waals surface area contributed by atoms with E-state index in [9.17, 15) is 4.79 Å². The number of halogens is 1. The molecule has 0 amide bonds. The van der Waals surface area contributed by atoms with Gasteiger partial charge in [-0.3, -0.25) is 4.79 Å². The summed E-state index contributed by atoms with van der Waals surface area (Å²) in [6, 6.07) is 5.61. The van der Waals surface area contributed by atoms with Gasteiger partial charge < -0.3 is 4.98 Å². The van der Waals surface area contributed by atoms with Gasteiger partial charge in [-0.25, -0.2) is 0 Å². The third kappa shape index (κ3) is 1.38. The molecule has 1 aromatic carbocycles. The monoisotopic (exact) mass is 251 g/mol. The summed E-state index contributed by atoms with van der Waals surface area (Å²) in [7, 11) is 0. The summed E-state index contributed by atoms with van der Waals surface area (Å²) in [5.74, 6) is 0. The summed E-state index contributed by atoms with van der Waals surface area (Å²) in [6.07, 6.45) is 0. The maximum Gasteiger partial charge on any atom is 0.248 e. The molecule has 0 bridgehead atoms. The van der Waals surface area contributed by atoms with Crippen molar-refractivity contribution in [2.24, 2.45) is 0 Å². The second-order valence-corrected chi connectivity index (χ2v) is 4.29. The number of nitrogens with one attached hydrogen (secondary N) is 1. The summed E-state index contributed by atoms with van der Waals surface area (Å²) in [4.78, 5) is 14.2. The fourth-order valence-corrected chi connectivity index (χ4v) is 2.30. The molecule has 2 nitrogen and oxygen atoms in total. The molecule has 1 N–H and O–H groups in total. The molecule has 0 aliphatic rings. The van der Waals surface area contributed by atoms with Crippen molar-refractivity contribution in [1.29, 1.82) is 0 Å². The largest absolute Gasteiger partial charge is 0.322 e. The van der Waals surface area contributed by atoms with Gasteiger partial charge in [-0.1, -0.05) is 22.0 Å². The quantitative estimate of drug-likeness (QED) is 0.768. The molecular formula is C11H10BrNO.